The highest BCUT2D eigenvalue weighted by atomic mass is 16.5. The lowest BCUT2D eigenvalue weighted by Gasteiger charge is -2.29. The summed E-state index contributed by atoms with van der Waals surface area (Å²) in [6, 6.07) is 26.6. The molecule has 0 radical (unpaired) electrons. The van der Waals surface area contributed by atoms with E-state index >= 15 is 0 Å². The highest BCUT2D eigenvalue weighted by Gasteiger charge is 2.34. The molecule has 2 N–H and O–H groups in total. The van der Waals surface area contributed by atoms with Crippen LogP contribution < -0.4 is 15.4 Å². The lowest BCUT2D eigenvalue weighted by atomic mass is 10.0. The highest BCUT2D eigenvalue weighted by Crippen LogP contribution is 2.32. The smallest absolute Gasteiger partial charge is 0.264 e. The van der Waals surface area contributed by atoms with Crippen molar-refractivity contribution in [1.82, 2.24) is 15.5 Å². The van der Waals surface area contributed by atoms with Gasteiger partial charge in [-0.25, -0.2) is 0 Å². The average molecular weight is 530 g/mol. The second-order valence-electron chi connectivity index (χ2n) is 10.3. The van der Waals surface area contributed by atoms with E-state index < -0.39 is 11.6 Å². The molecule has 7 nitrogen and oxygen atoms in total. The first-order chi connectivity index (χ1) is 18.9. The summed E-state index contributed by atoms with van der Waals surface area (Å²) >= 11 is 0. The molecular weight excluding hydrogens is 490 g/mol. The second-order valence-corrected chi connectivity index (χ2v) is 10.3. The maximum atomic E-state index is 13.5. The SMILES string of the molecule is CC(C)(Oc1ccccc1-c1ccccc1)C(=O)N[C@H](Cc1ccccc1)C(=O)NCCCN1CCOCC1. The molecule has 0 bridgehead atoms. The Labute approximate surface area is 231 Å². The molecule has 1 aliphatic heterocycles. The fourth-order valence-corrected chi connectivity index (χ4v) is 4.59. The number of rotatable bonds is 12. The number of carbonyl (C=O) groups excluding carboxylic acids is 2. The molecule has 4 rings (SSSR count). The number of nitrogens with one attached hydrogen (secondary N) is 2. The lowest BCUT2D eigenvalue weighted by Crippen LogP contribution is -2.55. The van der Waals surface area contributed by atoms with Crippen LogP contribution in [0.5, 0.6) is 5.75 Å². The van der Waals surface area contributed by atoms with Gasteiger partial charge < -0.3 is 20.1 Å². The number of ether oxygens (including phenoxy) is 2. The first kappa shape index (κ1) is 28.3. The number of para-hydroxylation sites is 1. The number of carbonyl (C=O) groups is 2. The highest BCUT2D eigenvalue weighted by molar-refractivity contribution is 5.91. The van der Waals surface area contributed by atoms with Crippen molar-refractivity contribution in [2.24, 2.45) is 0 Å². The lowest BCUT2D eigenvalue weighted by molar-refractivity contribution is -0.137. The van der Waals surface area contributed by atoms with Crippen LogP contribution in [0.4, 0.5) is 0 Å². The molecule has 1 heterocycles. The standard InChI is InChI=1S/C32H39N3O4/c1-32(2,39-29-17-10-9-16-27(29)26-14-7-4-8-15-26)31(37)34-28(24-25-12-5-3-6-13-25)30(36)33-18-11-19-35-20-22-38-23-21-35/h3-10,12-17,28H,11,18-24H2,1-2H3,(H,33,36)(H,34,37)/t28-/m1/s1. The van der Waals surface area contributed by atoms with E-state index in [1.54, 1.807) is 13.8 Å². The predicted molar refractivity (Wildman–Crippen MR) is 154 cm³/mol. The second kappa shape index (κ2) is 13.9. The monoisotopic (exact) mass is 529 g/mol. The zero-order valence-corrected chi connectivity index (χ0v) is 22.9. The Morgan fingerprint density at radius 1 is 0.923 bits per heavy atom. The van der Waals surface area contributed by atoms with Gasteiger partial charge in [0.15, 0.2) is 5.60 Å². The molecule has 206 valence electrons. The maximum absolute atomic E-state index is 13.5. The number of benzene rings is 3. The summed E-state index contributed by atoms with van der Waals surface area (Å²) in [5.41, 5.74) is 1.66. The molecule has 1 atom stereocenters. The van der Waals surface area contributed by atoms with E-state index in [4.69, 9.17) is 9.47 Å². The molecule has 3 aromatic carbocycles. The predicted octanol–water partition coefficient (Wildman–Crippen LogP) is 4.08. The Kier molecular flexibility index (Phi) is 10.1. The molecule has 0 aromatic heterocycles. The van der Waals surface area contributed by atoms with Crippen LogP contribution in [0.25, 0.3) is 11.1 Å². The molecule has 1 saturated heterocycles. The Morgan fingerprint density at radius 2 is 1.56 bits per heavy atom. The number of morpholine rings is 1. The molecule has 0 unspecified atom stereocenters. The van der Waals surface area contributed by atoms with Gasteiger partial charge in [-0.15, -0.1) is 0 Å². The Balaban J connectivity index is 1.41. The van der Waals surface area contributed by atoms with Gasteiger partial charge in [-0.1, -0.05) is 78.9 Å². The van der Waals surface area contributed by atoms with Crippen molar-refractivity contribution in [2.45, 2.75) is 38.3 Å². The van der Waals surface area contributed by atoms with E-state index in [-0.39, 0.29) is 11.8 Å². The van der Waals surface area contributed by atoms with Crippen molar-refractivity contribution >= 4 is 11.8 Å². The molecule has 0 spiro atoms. The van der Waals surface area contributed by atoms with Crippen LogP contribution in [0.15, 0.2) is 84.9 Å². The molecule has 0 saturated carbocycles. The summed E-state index contributed by atoms with van der Waals surface area (Å²) in [6.07, 6.45) is 1.22. The van der Waals surface area contributed by atoms with Gasteiger partial charge in [0.2, 0.25) is 5.91 Å². The Bertz CT molecular complexity index is 1190. The number of amides is 2. The normalized spacial score (nSPS) is 14.8. The third-order valence-electron chi connectivity index (χ3n) is 6.84. The molecule has 1 fully saturated rings. The minimum Gasteiger partial charge on any atom is -0.477 e. The van der Waals surface area contributed by atoms with Crippen molar-refractivity contribution in [2.75, 3.05) is 39.4 Å². The van der Waals surface area contributed by atoms with Gasteiger partial charge in [-0.3, -0.25) is 14.5 Å². The summed E-state index contributed by atoms with van der Waals surface area (Å²) < 4.78 is 11.7. The summed E-state index contributed by atoms with van der Waals surface area (Å²) in [5, 5.41) is 6.00. The zero-order chi connectivity index (χ0) is 27.5. The van der Waals surface area contributed by atoms with E-state index in [9.17, 15) is 9.59 Å². The van der Waals surface area contributed by atoms with Crippen LogP contribution >= 0.6 is 0 Å². The topological polar surface area (TPSA) is 79.9 Å². The van der Waals surface area contributed by atoms with E-state index in [0.29, 0.717) is 18.7 Å². The van der Waals surface area contributed by atoms with Crippen LogP contribution in [-0.4, -0.2) is 67.7 Å². The fourth-order valence-electron chi connectivity index (χ4n) is 4.59. The molecule has 1 aliphatic rings. The van der Waals surface area contributed by atoms with Crippen LogP contribution in [-0.2, 0) is 20.7 Å². The Morgan fingerprint density at radius 3 is 2.28 bits per heavy atom. The van der Waals surface area contributed by atoms with E-state index in [1.165, 1.54) is 0 Å². The van der Waals surface area contributed by atoms with Crippen LogP contribution in [0.3, 0.4) is 0 Å². The van der Waals surface area contributed by atoms with Crippen molar-refractivity contribution in [3.63, 3.8) is 0 Å². The van der Waals surface area contributed by atoms with Gasteiger partial charge in [0, 0.05) is 31.6 Å². The van der Waals surface area contributed by atoms with Crippen LogP contribution in [0.1, 0.15) is 25.8 Å². The van der Waals surface area contributed by atoms with Gasteiger partial charge in [-0.2, -0.15) is 0 Å². The molecule has 2 amide bonds. The van der Waals surface area contributed by atoms with Crippen molar-refractivity contribution < 1.29 is 19.1 Å². The molecule has 39 heavy (non-hydrogen) atoms. The quantitative estimate of drug-likeness (QED) is 0.346. The summed E-state index contributed by atoms with van der Waals surface area (Å²) in [5.74, 6) is 0.0560. The largest absolute Gasteiger partial charge is 0.477 e. The number of nitrogens with zero attached hydrogens (tertiary/aromatic N) is 1. The summed E-state index contributed by atoms with van der Waals surface area (Å²) in [7, 11) is 0. The fraction of sp³-hybridized carbons (Fsp3) is 0.375. The minimum atomic E-state index is -1.21. The molecule has 3 aromatic rings. The Hall–Kier alpha value is -3.68. The maximum Gasteiger partial charge on any atom is 0.264 e. The van der Waals surface area contributed by atoms with Gasteiger partial charge >= 0.3 is 0 Å². The van der Waals surface area contributed by atoms with Gasteiger partial charge in [-0.05, 0) is 44.0 Å². The number of hydrogen-bond acceptors (Lipinski definition) is 5. The first-order valence-electron chi connectivity index (χ1n) is 13.7. The minimum absolute atomic E-state index is 0.199. The van der Waals surface area contributed by atoms with Crippen molar-refractivity contribution in [3.8, 4) is 16.9 Å². The average Bonchev–Trinajstić information content (AvgIpc) is 2.96. The first-order valence-corrected chi connectivity index (χ1v) is 13.7. The molecular formula is C32H39N3O4. The van der Waals surface area contributed by atoms with Gasteiger partial charge in [0.25, 0.3) is 5.91 Å². The number of hydrogen-bond donors (Lipinski definition) is 2. The molecule has 0 aliphatic carbocycles. The summed E-state index contributed by atoms with van der Waals surface area (Å²) in [6.45, 7) is 8.25. The summed E-state index contributed by atoms with van der Waals surface area (Å²) in [4.78, 5) is 29.1. The van der Waals surface area contributed by atoms with E-state index in [1.807, 2.05) is 84.9 Å². The van der Waals surface area contributed by atoms with Crippen LogP contribution in [0.2, 0.25) is 0 Å². The van der Waals surface area contributed by atoms with Crippen molar-refractivity contribution in [3.05, 3.63) is 90.5 Å². The van der Waals surface area contributed by atoms with E-state index in [0.717, 1.165) is 56.0 Å². The third kappa shape index (κ3) is 8.40. The van der Waals surface area contributed by atoms with Gasteiger partial charge in [0.1, 0.15) is 11.8 Å². The van der Waals surface area contributed by atoms with Crippen molar-refractivity contribution in [1.29, 1.82) is 0 Å². The zero-order valence-electron chi connectivity index (χ0n) is 22.9. The third-order valence-corrected chi connectivity index (χ3v) is 6.84. The van der Waals surface area contributed by atoms with Gasteiger partial charge in [0.05, 0.1) is 13.2 Å². The molecule has 7 heteroatoms. The van der Waals surface area contributed by atoms with E-state index in [2.05, 4.69) is 15.5 Å². The van der Waals surface area contributed by atoms with Crippen LogP contribution in [0, 0.1) is 0 Å².